The smallest absolute Gasteiger partial charge is 0.346 e. The molecule has 0 unspecified atom stereocenters. The molecule has 3 aromatic rings. The zero-order chi connectivity index (χ0) is 24.9. The number of nitro groups is 1. The second-order valence-electron chi connectivity index (χ2n) is 6.50. The Hall–Kier alpha value is -3.67. The number of amides is 1. The zero-order valence-electron chi connectivity index (χ0n) is 17.3. The van der Waals surface area contributed by atoms with Gasteiger partial charge in [-0.2, -0.15) is 13.5 Å². The van der Waals surface area contributed by atoms with Crippen LogP contribution in [0.4, 0.5) is 5.69 Å². The molecule has 10 nitrogen and oxygen atoms in total. The van der Waals surface area contributed by atoms with Crippen molar-refractivity contribution in [1.29, 1.82) is 0 Å². The Labute approximate surface area is 204 Å². The summed E-state index contributed by atoms with van der Waals surface area (Å²) in [6, 6.07) is 13.3. The lowest BCUT2D eigenvalue weighted by atomic mass is 10.2. The molecule has 0 bridgehead atoms. The average Bonchev–Trinajstić information content (AvgIpc) is 2.81. The van der Waals surface area contributed by atoms with Gasteiger partial charge in [0.2, 0.25) is 0 Å². The fraction of sp³-hybridized carbons (Fsp3) is 0.0476. The van der Waals surface area contributed by atoms with Crippen molar-refractivity contribution >= 4 is 51.1 Å². The van der Waals surface area contributed by atoms with Gasteiger partial charge in [-0.25, -0.2) is 5.43 Å². The zero-order valence-corrected chi connectivity index (χ0v) is 19.6. The van der Waals surface area contributed by atoms with Crippen molar-refractivity contribution in [3.05, 3.63) is 92.0 Å². The van der Waals surface area contributed by atoms with E-state index in [9.17, 15) is 23.3 Å². The molecule has 13 heteroatoms. The number of hydrogen-bond donors (Lipinski definition) is 1. The number of nitro benzene ring substituents is 1. The van der Waals surface area contributed by atoms with Gasteiger partial charge >= 0.3 is 10.1 Å². The highest BCUT2D eigenvalue weighted by molar-refractivity contribution is 7.87. The van der Waals surface area contributed by atoms with Crippen molar-refractivity contribution in [2.75, 3.05) is 7.11 Å². The van der Waals surface area contributed by atoms with Crippen LogP contribution in [0.5, 0.6) is 11.5 Å². The van der Waals surface area contributed by atoms with Crippen LogP contribution in [0, 0.1) is 10.1 Å². The van der Waals surface area contributed by atoms with Crippen LogP contribution in [0.2, 0.25) is 10.0 Å². The molecule has 0 aliphatic carbocycles. The Morgan fingerprint density at radius 2 is 1.79 bits per heavy atom. The lowest BCUT2D eigenvalue weighted by Gasteiger charge is -2.11. The number of ether oxygens (including phenoxy) is 1. The number of nitrogens with zero attached hydrogens (tertiary/aromatic N) is 2. The molecular formula is C21H15Cl2N3O7S. The molecular weight excluding hydrogens is 509 g/mol. The molecule has 0 spiro atoms. The van der Waals surface area contributed by atoms with Crippen LogP contribution in [0.3, 0.4) is 0 Å². The van der Waals surface area contributed by atoms with E-state index in [0.717, 1.165) is 12.1 Å². The van der Waals surface area contributed by atoms with Gasteiger partial charge in [0.05, 0.1) is 28.3 Å². The second-order valence-corrected chi connectivity index (χ2v) is 8.83. The number of carbonyl (C=O) groups is 1. The summed E-state index contributed by atoms with van der Waals surface area (Å²) in [4.78, 5) is 21.9. The van der Waals surface area contributed by atoms with E-state index in [1.54, 1.807) is 0 Å². The summed E-state index contributed by atoms with van der Waals surface area (Å²) in [6.45, 7) is 0. The van der Waals surface area contributed by atoms with Crippen LogP contribution in [0.25, 0.3) is 0 Å². The van der Waals surface area contributed by atoms with E-state index < -0.39 is 31.5 Å². The van der Waals surface area contributed by atoms with E-state index in [0.29, 0.717) is 10.6 Å². The quantitative estimate of drug-likeness (QED) is 0.199. The molecule has 1 amide bonds. The van der Waals surface area contributed by atoms with Crippen molar-refractivity contribution in [3.63, 3.8) is 0 Å². The van der Waals surface area contributed by atoms with E-state index in [1.165, 1.54) is 61.9 Å². The van der Waals surface area contributed by atoms with Crippen LogP contribution in [0.15, 0.2) is 70.7 Å². The molecule has 3 aromatic carbocycles. The van der Waals surface area contributed by atoms with Crippen molar-refractivity contribution in [2.45, 2.75) is 4.90 Å². The third-order valence-corrected chi connectivity index (χ3v) is 6.30. The average molecular weight is 524 g/mol. The molecule has 0 aliphatic heterocycles. The Bertz CT molecular complexity index is 1390. The topological polar surface area (TPSA) is 137 Å². The molecule has 0 heterocycles. The number of hydrogen-bond acceptors (Lipinski definition) is 8. The number of rotatable bonds is 8. The van der Waals surface area contributed by atoms with Crippen molar-refractivity contribution in [1.82, 2.24) is 5.43 Å². The van der Waals surface area contributed by atoms with Gasteiger partial charge in [-0.3, -0.25) is 14.9 Å². The predicted octanol–water partition coefficient (Wildman–Crippen LogP) is 4.44. The van der Waals surface area contributed by atoms with Crippen molar-refractivity contribution < 1.29 is 27.1 Å². The molecule has 176 valence electrons. The fourth-order valence-corrected chi connectivity index (χ4v) is 4.09. The minimum Gasteiger partial charge on any atom is -0.493 e. The minimum absolute atomic E-state index is 0.0157. The third-order valence-electron chi connectivity index (χ3n) is 4.28. The molecule has 0 saturated carbocycles. The highest BCUT2D eigenvalue weighted by Gasteiger charge is 2.28. The number of halogens is 2. The van der Waals surface area contributed by atoms with Crippen LogP contribution >= 0.6 is 23.2 Å². The molecule has 0 aromatic heterocycles. The van der Waals surface area contributed by atoms with E-state index in [4.69, 9.17) is 32.1 Å². The van der Waals surface area contributed by atoms with E-state index >= 15 is 0 Å². The molecule has 0 atom stereocenters. The molecule has 1 N–H and O–H groups in total. The summed E-state index contributed by atoms with van der Waals surface area (Å²) in [5.74, 6) is -0.711. The van der Waals surface area contributed by atoms with Crippen LogP contribution in [-0.2, 0) is 10.1 Å². The number of carbonyl (C=O) groups excluding carboxylic acids is 1. The number of hydrazone groups is 1. The standard InChI is InChI=1S/C21H15Cl2N3O7S/c1-32-19-10-13(12-24-25-21(27)14-7-8-15(22)16(23)11-14)6-9-18(19)33-34(30,31)20-5-3-2-4-17(20)26(28)29/h2-12H,1H3,(H,25,27)/b24-12-. The summed E-state index contributed by atoms with van der Waals surface area (Å²) in [5, 5.41) is 15.5. The van der Waals surface area contributed by atoms with E-state index in [1.807, 2.05) is 0 Å². The van der Waals surface area contributed by atoms with Crippen molar-refractivity contribution in [3.8, 4) is 11.5 Å². The summed E-state index contributed by atoms with van der Waals surface area (Å²) >= 11 is 11.7. The molecule has 0 saturated heterocycles. The summed E-state index contributed by atoms with van der Waals surface area (Å²) in [6.07, 6.45) is 1.29. The van der Waals surface area contributed by atoms with Gasteiger partial charge in [0.25, 0.3) is 11.6 Å². The Balaban J connectivity index is 1.77. The Morgan fingerprint density at radius 1 is 1.06 bits per heavy atom. The highest BCUT2D eigenvalue weighted by Crippen LogP contribution is 2.32. The maximum Gasteiger partial charge on any atom is 0.346 e. The Morgan fingerprint density at radius 3 is 2.47 bits per heavy atom. The van der Waals surface area contributed by atoms with Gasteiger partial charge in [0.15, 0.2) is 16.4 Å². The maximum absolute atomic E-state index is 12.6. The fourth-order valence-electron chi connectivity index (χ4n) is 2.68. The third kappa shape index (κ3) is 5.81. The van der Waals surface area contributed by atoms with Crippen LogP contribution in [0.1, 0.15) is 15.9 Å². The summed E-state index contributed by atoms with van der Waals surface area (Å²) in [5.41, 5.74) is 2.37. The normalized spacial score (nSPS) is 11.3. The highest BCUT2D eigenvalue weighted by atomic mass is 35.5. The number of benzene rings is 3. The molecule has 0 radical (unpaired) electrons. The van der Waals surface area contributed by atoms with Gasteiger partial charge in [0.1, 0.15) is 0 Å². The van der Waals surface area contributed by atoms with Crippen LogP contribution in [-0.4, -0.2) is 32.6 Å². The first-order valence-corrected chi connectivity index (χ1v) is 11.4. The van der Waals surface area contributed by atoms with Gasteiger partial charge in [-0.05, 0) is 48.0 Å². The van der Waals surface area contributed by atoms with Gasteiger partial charge in [0, 0.05) is 11.6 Å². The van der Waals surface area contributed by atoms with Crippen molar-refractivity contribution in [2.24, 2.45) is 5.10 Å². The SMILES string of the molecule is COc1cc(/C=N\NC(=O)c2ccc(Cl)c(Cl)c2)ccc1OS(=O)(=O)c1ccccc1[N+](=O)[O-]. The first-order chi connectivity index (χ1) is 16.1. The first kappa shape index (κ1) is 25.0. The molecule has 34 heavy (non-hydrogen) atoms. The van der Waals surface area contributed by atoms with E-state index in [2.05, 4.69) is 10.5 Å². The number of methoxy groups -OCH3 is 1. The summed E-state index contributed by atoms with van der Waals surface area (Å²) in [7, 11) is -3.25. The monoisotopic (exact) mass is 523 g/mol. The lowest BCUT2D eigenvalue weighted by molar-refractivity contribution is -0.387. The predicted molar refractivity (Wildman–Crippen MR) is 125 cm³/mol. The minimum atomic E-state index is -4.53. The number of para-hydroxylation sites is 1. The molecule has 0 fully saturated rings. The van der Waals surface area contributed by atoms with Gasteiger partial charge in [-0.15, -0.1) is 0 Å². The van der Waals surface area contributed by atoms with Crippen LogP contribution < -0.4 is 14.3 Å². The second kappa shape index (κ2) is 10.5. The lowest BCUT2D eigenvalue weighted by Crippen LogP contribution is -2.17. The molecule has 0 aliphatic rings. The van der Waals surface area contributed by atoms with Gasteiger partial charge < -0.3 is 8.92 Å². The largest absolute Gasteiger partial charge is 0.493 e. The summed E-state index contributed by atoms with van der Waals surface area (Å²) < 4.78 is 35.5. The Kier molecular flexibility index (Phi) is 7.72. The molecule has 3 rings (SSSR count). The van der Waals surface area contributed by atoms with E-state index in [-0.39, 0.29) is 22.1 Å². The maximum atomic E-state index is 12.6. The van der Waals surface area contributed by atoms with Gasteiger partial charge in [-0.1, -0.05) is 35.3 Å². The number of nitrogens with one attached hydrogen (secondary N) is 1. The first-order valence-electron chi connectivity index (χ1n) is 9.27.